The van der Waals surface area contributed by atoms with E-state index in [0.29, 0.717) is 0 Å². The van der Waals surface area contributed by atoms with Gasteiger partial charge in [0, 0.05) is 10.9 Å². The summed E-state index contributed by atoms with van der Waals surface area (Å²) < 4.78 is 0. The molecule has 3 heteroatoms. The summed E-state index contributed by atoms with van der Waals surface area (Å²) >= 11 is 1.81. The van der Waals surface area contributed by atoms with Crippen LogP contribution >= 0.6 is 11.8 Å². The zero-order chi connectivity index (χ0) is 12.8. The lowest BCUT2D eigenvalue weighted by atomic mass is 9.86. The SMILES string of the molecule is CCSc1ccc(C(N)C(C#N)C(C)C)cc1. The molecule has 2 N–H and O–H groups in total. The largest absolute Gasteiger partial charge is 0.323 e. The highest BCUT2D eigenvalue weighted by atomic mass is 32.2. The van der Waals surface area contributed by atoms with Crippen LogP contribution in [0.5, 0.6) is 0 Å². The van der Waals surface area contributed by atoms with Crippen LogP contribution in [0.4, 0.5) is 0 Å². The van der Waals surface area contributed by atoms with Gasteiger partial charge in [-0.05, 0) is 29.4 Å². The molecule has 0 aliphatic rings. The summed E-state index contributed by atoms with van der Waals surface area (Å²) in [6.07, 6.45) is 0. The van der Waals surface area contributed by atoms with Crippen molar-refractivity contribution in [2.24, 2.45) is 17.6 Å². The van der Waals surface area contributed by atoms with Gasteiger partial charge < -0.3 is 5.73 Å². The average Bonchev–Trinajstić information content (AvgIpc) is 2.30. The molecule has 0 spiro atoms. The van der Waals surface area contributed by atoms with Gasteiger partial charge in [0.05, 0.1) is 12.0 Å². The van der Waals surface area contributed by atoms with Gasteiger partial charge in [0.15, 0.2) is 0 Å². The van der Waals surface area contributed by atoms with Crippen molar-refractivity contribution in [3.05, 3.63) is 29.8 Å². The van der Waals surface area contributed by atoms with Crippen molar-refractivity contribution in [3.63, 3.8) is 0 Å². The van der Waals surface area contributed by atoms with E-state index in [0.717, 1.165) is 11.3 Å². The van der Waals surface area contributed by atoms with E-state index in [-0.39, 0.29) is 17.9 Å². The van der Waals surface area contributed by atoms with Crippen molar-refractivity contribution in [3.8, 4) is 6.07 Å². The Morgan fingerprint density at radius 2 is 1.88 bits per heavy atom. The van der Waals surface area contributed by atoms with E-state index in [9.17, 15) is 0 Å². The number of benzene rings is 1. The van der Waals surface area contributed by atoms with Crippen LogP contribution in [-0.4, -0.2) is 5.75 Å². The first-order valence-electron chi connectivity index (χ1n) is 5.98. The third-order valence-corrected chi connectivity index (χ3v) is 3.72. The Balaban J connectivity index is 2.82. The smallest absolute Gasteiger partial charge is 0.0679 e. The maximum atomic E-state index is 9.13. The molecular weight excluding hydrogens is 228 g/mol. The van der Waals surface area contributed by atoms with Gasteiger partial charge in [-0.25, -0.2) is 0 Å². The van der Waals surface area contributed by atoms with E-state index in [1.54, 1.807) is 0 Å². The second-order valence-electron chi connectivity index (χ2n) is 4.43. The predicted molar refractivity (Wildman–Crippen MR) is 73.7 cm³/mol. The minimum atomic E-state index is -0.194. The van der Waals surface area contributed by atoms with Crippen molar-refractivity contribution in [2.75, 3.05) is 5.75 Å². The maximum Gasteiger partial charge on any atom is 0.0679 e. The van der Waals surface area contributed by atoms with E-state index in [2.05, 4.69) is 25.1 Å². The van der Waals surface area contributed by atoms with Crippen LogP contribution in [0.1, 0.15) is 32.4 Å². The minimum absolute atomic E-state index is 0.125. The Labute approximate surface area is 108 Å². The highest BCUT2D eigenvalue weighted by Crippen LogP contribution is 2.27. The Bertz CT molecular complexity index is 378. The molecule has 0 bridgehead atoms. The number of nitriles is 1. The van der Waals surface area contributed by atoms with Gasteiger partial charge in [-0.2, -0.15) is 5.26 Å². The van der Waals surface area contributed by atoms with Gasteiger partial charge in [0.25, 0.3) is 0 Å². The molecule has 0 aliphatic carbocycles. The summed E-state index contributed by atoms with van der Waals surface area (Å²) in [6, 6.07) is 10.4. The monoisotopic (exact) mass is 248 g/mol. The molecule has 0 aliphatic heterocycles. The quantitative estimate of drug-likeness (QED) is 0.810. The third-order valence-electron chi connectivity index (χ3n) is 2.83. The minimum Gasteiger partial charge on any atom is -0.323 e. The molecule has 0 aromatic heterocycles. The first-order valence-corrected chi connectivity index (χ1v) is 6.96. The summed E-state index contributed by atoms with van der Waals surface area (Å²) in [6.45, 7) is 6.21. The molecule has 1 rings (SSSR count). The fourth-order valence-electron chi connectivity index (χ4n) is 1.80. The van der Waals surface area contributed by atoms with E-state index < -0.39 is 0 Å². The van der Waals surface area contributed by atoms with Gasteiger partial charge in [-0.1, -0.05) is 32.9 Å². The second-order valence-corrected chi connectivity index (χ2v) is 5.76. The molecule has 2 atom stereocenters. The molecule has 92 valence electrons. The van der Waals surface area contributed by atoms with Crippen molar-refractivity contribution >= 4 is 11.8 Å². The Hall–Kier alpha value is -0.980. The fraction of sp³-hybridized carbons (Fsp3) is 0.500. The van der Waals surface area contributed by atoms with Gasteiger partial charge in [0.2, 0.25) is 0 Å². The summed E-state index contributed by atoms with van der Waals surface area (Å²) in [5.41, 5.74) is 7.19. The molecular formula is C14H20N2S. The van der Waals surface area contributed by atoms with Gasteiger partial charge >= 0.3 is 0 Å². The van der Waals surface area contributed by atoms with Crippen LogP contribution in [-0.2, 0) is 0 Å². The highest BCUT2D eigenvalue weighted by molar-refractivity contribution is 7.99. The van der Waals surface area contributed by atoms with E-state index in [1.165, 1.54) is 4.90 Å². The molecule has 17 heavy (non-hydrogen) atoms. The maximum absolute atomic E-state index is 9.13. The summed E-state index contributed by atoms with van der Waals surface area (Å²) in [4.78, 5) is 1.25. The number of nitrogens with zero attached hydrogens (tertiary/aromatic N) is 1. The number of nitrogens with two attached hydrogens (primary N) is 1. The van der Waals surface area contributed by atoms with Gasteiger partial charge in [0.1, 0.15) is 0 Å². The average molecular weight is 248 g/mol. The van der Waals surface area contributed by atoms with Gasteiger partial charge in [-0.3, -0.25) is 0 Å². The lowest BCUT2D eigenvalue weighted by Crippen LogP contribution is -2.24. The molecule has 0 heterocycles. The van der Waals surface area contributed by atoms with E-state index >= 15 is 0 Å². The summed E-state index contributed by atoms with van der Waals surface area (Å²) in [5, 5.41) is 9.13. The van der Waals surface area contributed by atoms with Crippen molar-refractivity contribution in [2.45, 2.75) is 31.7 Å². The van der Waals surface area contributed by atoms with Crippen LogP contribution < -0.4 is 5.73 Å². The first kappa shape index (κ1) is 14.1. The third kappa shape index (κ3) is 3.76. The van der Waals surface area contributed by atoms with Crippen molar-refractivity contribution in [1.29, 1.82) is 5.26 Å². The topological polar surface area (TPSA) is 49.8 Å². The Kier molecular flexibility index (Phi) is 5.54. The molecule has 2 nitrogen and oxygen atoms in total. The highest BCUT2D eigenvalue weighted by Gasteiger charge is 2.22. The zero-order valence-electron chi connectivity index (χ0n) is 10.7. The van der Waals surface area contributed by atoms with Crippen LogP contribution in [0.25, 0.3) is 0 Å². The normalized spacial score (nSPS) is 14.4. The standard InChI is InChI=1S/C14H20N2S/c1-4-17-12-7-5-11(6-8-12)14(16)13(9-15)10(2)3/h5-8,10,13-14H,4,16H2,1-3H3. The Morgan fingerprint density at radius 3 is 2.29 bits per heavy atom. The lowest BCUT2D eigenvalue weighted by Gasteiger charge is -2.21. The molecule has 0 amide bonds. The van der Waals surface area contributed by atoms with Crippen LogP contribution in [0.15, 0.2) is 29.2 Å². The lowest BCUT2D eigenvalue weighted by molar-refractivity contribution is 0.403. The van der Waals surface area contributed by atoms with E-state index in [1.807, 2.05) is 37.7 Å². The van der Waals surface area contributed by atoms with Crippen molar-refractivity contribution < 1.29 is 0 Å². The number of rotatable bonds is 5. The molecule has 1 aromatic rings. The molecule has 0 radical (unpaired) electrons. The predicted octanol–water partition coefficient (Wildman–Crippen LogP) is 3.59. The summed E-state index contributed by atoms with van der Waals surface area (Å²) in [5.74, 6) is 1.22. The molecule has 0 saturated heterocycles. The number of hydrogen-bond acceptors (Lipinski definition) is 3. The zero-order valence-corrected chi connectivity index (χ0v) is 11.5. The first-order chi connectivity index (χ1) is 8.10. The Morgan fingerprint density at radius 1 is 1.29 bits per heavy atom. The number of thioether (sulfide) groups is 1. The molecule has 2 unspecified atom stereocenters. The molecule has 0 saturated carbocycles. The van der Waals surface area contributed by atoms with Crippen LogP contribution in [0, 0.1) is 23.2 Å². The molecule has 1 aromatic carbocycles. The second kappa shape index (κ2) is 6.68. The van der Waals surface area contributed by atoms with Crippen LogP contribution in [0.2, 0.25) is 0 Å². The van der Waals surface area contributed by atoms with Crippen molar-refractivity contribution in [1.82, 2.24) is 0 Å². The summed E-state index contributed by atoms with van der Waals surface area (Å²) in [7, 11) is 0. The van der Waals surface area contributed by atoms with Crippen LogP contribution in [0.3, 0.4) is 0 Å². The molecule has 0 fully saturated rings. The fourth-order valence-corrected chi connectivity index (χ4v) is 2.47. The van der Waals surface area contributed by atoms with E-state index in [4.69, 9.17) is 11.0 Å². The van der Waals surface area contributed by atoms with Gasteiger partial charge in [-0.15, -0.1) is 11.8 Å². The number of hydrogen-bond donors (Lipinski definition) is 1.